The molecule has 0 fully saturated rings. The van der Waals surface area contributed by atoms with Crippen molar-refractivity contribution in [1.82, 2.24) is 20.3 Å². The van der Waals surface area contributed by atoms with Crippen LogP contribution in [0.3, 0.4) is 0 Å². The molecule has 5 heteroatoms. The van der Waals surface area contributed by atoms with Gasteiger partial charge in [0, 0.05) is 26.2 Å². The van der Waals surface area contributed by atoms with Crippen LogP contribution in [0.5, 0.6) is 0 Å². The predicted octanol–water partition coefficient (Wildman–Crippen LogP) is 1.03. The summed E-state index contributed by atoms with van der Waals surface area (Å²) in [5.74, 6) is 0. The minimum atomic E-state index is 0.145. The molecule has 0 radical (unpaired) electrons. The molecule has 2 aromatic rings. The third-order valence-corrected chi connectivity index (χ3v) is 2.96. The fraction of sp³-hybridized carbons (Fsp3) is 0.385. The second kappa shape index (κ2) is 6.28. The van der Waals surface area contributed by atoms with E-state index >= 15 is 0 Å². The number of aliphatic hydroxyl groups excluding tert-OH is 1. The molecule has 0 aliphatic carbocycles. The van der Waals surface area contributed by atoms with Crippen LogP contribution in [0.4, 0.5) is 0 Å². The van der Waals surface area contributed by atoms with Gasteiger partial charge in [-0.05, 0) is 12.0 Å². The van der Waals surface area contributed by atoms with Crippen molar-refractivity contribution in [2.45, 2.75) is 19.0 Å². The zero-order valence-corrected chi connectivity index (χ0v) is 10.5. The molecule has 0 aliphatic rings. The standard InChI is InChI=1S/C13H18N4O/c1-17-12(10-15-16-17)9-14-13(7-8-18)11-5-3-2-4-6-11/h2-6,10,13-14,18H,7-9H2,1H3/t13-/m1/s1. The number of aryl methyl sites for hydroxylation is 1. The third-order valence-electron chi connectivity index (χ3n) is 2.96. The van der Waals surface area contributed by atoms with Crippen molar-refractivity contribution in [2.24, 2.45) is 7.05 Å². The molecular formula is C13H18N4O. The highest BCUT2D eigenvalue weighted by molar-refractivity contribution is 5.19. The second-order valence-electron chi connectivity index (χ2n) is 4.21. The zero-order valence-electron chi connectivity index (χ0n) is 10.5. The van der Waals surface area contributed by atoms with Crippen LogP contribution >= 0.6 is 0 Å². The Balaban J connectivity index is 2.01. The number of hydrogen-bond donors (Lipinski definition) is 2. The van der Waals surface area contributed by atoms with E-state index in [4.69, 9.17) is 5.11 Å². The van der Waals surface area contributed by atoms with E-state index in [0.29, 0.717) is 13.0 Å². The minimum absolute atomic E-state index is 0.145. The summed E-state index contributed by atoms with van der Waals surface area (Å²) in [6.07, 6.45) is 2.43. The number of aliphatic hydroxyl groups is 1. The third kappa shape index (κ3) is 3.15. The van der Waals surface area contributed by atoms with E-state index in [-0.39, 0.29) is 12.6 Å². The maximum Gasteiger partial charge on any atom is 0.0738 e. The Morgan fingerprint density at radius 1 is 1.33 bits per heavy atom. The van der Waals surface area contributed by atoms with Crippen molar-refractivity contribution in [3.63, 3.8) is 0 Å². The molecule has 1 heterocycles. The molecular weight excluding hydrogens is 228 g/mol. The molecule has 2 N–H and O–H groups in total. The summed E-state index contributed by atoms with van der Waals surface area (Å²) >= 11 is 0. The van der Waals surface area contributed by atoms with Crippen molar-refractivity contribution in [2.75, 3.05) is 6.61 Å². The van der Waals surface area contributed by atoms with Gasteiger partial charge in [0.15, 0.2) is 0 Å². The average Bonchev–Trinajstić information content (AvgIpc) is 2.81. The van der Waals surface area contributed by atoms with E-state index in [9.17, 15) is 0 Å². The van der Waals surface area contributed by atoms with Crippen LogP contribution in [0.25, 0.3) is 0 Å². The van der Waals surface area contributed by atoms with Crippen LogP contribution in [0.15, 0.2) is 36.5 Å². The summed E-state index contributed by atoms with van der Waals surface area (Å²) in [6.45, 7) is 0.846. The molecule has 1 aromatic heterocycles. The van der Waals surface area contributed by atoms with Gasteiger partial charge in [0.05, 0.1) is 11.9 Å². The number of rotatable bonds is 6. The van der Waals surface area contributed by atoms with Crippen LogP contribution < -0.4 is 5.32 Å². The van der Waals surface area contributed by atoms with Crippen LogP contribution in [0.1, 0.15) is 23.7 Å². The molecule has 0 saturated carbocycles. The Kier molecular flexibility index (Phi) is 4.44. The fourth-order valence-corrected chi connectivity index (χ4v) is 1.90. The summed E-state index contributed by atoms with van der Waals surface area (Å²) < 4.78 is 1.74. The lowest BCUT2D eigenvalue weighted by molar-refractivity contribution is 0.264. The summed E-state index contributed by atoms with van der Waals surface area (Å²) in [5.41, 5.74) is 2.20. The molecule has 0 saturated heterocycles. The van der Waals surface area contributed by atoms with Gasteiger partial charge in [0.25, 0.3) is 0 Å². The first-order chi connectivity index (χ1) is 8.81. The molecule has 96 valence electrons. The number of nitrogens with zero attached hydrogens (tertiary/aromatic N) is 3. The van der Waals surface area contributed by atoms with Gasteiger partial charge in [0.1, 0.15) is 0 Å². The van der Waals surface area contributed by atoms with E-state index in [1.54, 1.807) is 10.9 Å². The first kappa shape index (κ1) is 12.7. The van der Waals surface area contributed by atoms with E-state index in [2.05, 4.69) is 27.8 Å². The van der Waals surface area contributed by atoms with Gasteiger partial charge in [-0.25, -0.2) is 0 Å². The highest BCUT2D eigenvalue weighted by Gasteiger charge is 2.10. The van der Waals surface area contributed by atoms with Gasteiger partial charge in [-0.3, -0.25) is 4.68 Å². The summed E-state index contributed by atoms with van der Waals surface area (Å²) in [4.78, 5) is 0. The molecule has 0 unspecified atom stereocenters. The normalized spacial score (nSPS) is 12.6. The first-order valence-corrected chi connectivity index (χ1v) is 6.04. The van der Waals surface area contributed by atoms with E-state index in [1.807, 2.05) is 25.2 Å². The lowest BCUT2D eigenvalue weighted by Crippen LogP contribution is -2.23. The van der Waals surface area contributed by atoms with Crippen molar-refractivity contribution >= 4 is 0 Å². The number of nitrogens with one attached hydrogen (secondary N) is 1. The minimum Gasteiger partial charge on any atom is -0.396 e. The highest BCUT2D eigenvalue weighted by atomic mass is 16.3. The molecule has 5 nitrogen and oxygen atoms in total. The van der Waals surface area contributed by atoms with Gasteiger partial charge in [-0.1, -0.05) is 35.5 Å². The number of aromatic nitrogens is 3. The van der Waals surface area contributed by atoms with Crippen molar-refractivity contribution in [1.29, 1.82) is 0 Å². The highest BCUT2D eigenvalue weighted by Crippen LogP contribution is 2.16. The van der Waals surface area contributed by atoms with E-state index < -0.39 is 0 Å². The van der Waals surface area contributed by atoms with Gasteiger partial charge in [-0.15, -0.1) is 5.10 Å². The maximum atomic E-state index is 9.14. The SMILES string of the molecule is Cn1nncc1CN[C@H](CCO)c1ccccc1. The summed E-state index contributed by atoms with van der Waals surface area (Å²) in [7, 11) is 1.87. The fourth-order valence-electron chi connectivity index (χ4n) is 1.90. The smallest absolute Gasteiger partial charge is 0.0738 e. The molecule has 1 atom stereocenters. The largest absolute Gasteiger partial charge is 0.396 e. The second-order valence-corrected chi connectivity index (χ2v) is 4.21. The van der Waals surface area contributed by atoms with Crippen molar-refractivity contribution < 1.29 is 5.11 Å². The molecule has 1 aromatic carbocycles. The van der Waals surface area contributed by atoms with E-state index in [0.717, 1.165) is 5.69 Å². The van der Waals surface area contributed by atoms with E-state index in [1.165, 1.54) is 5.56 Å². The van der Waals surface area contributed by atoms with Gasteiger partial charge < -0.3 is 10.4 Å². The zero-order chi connectivity index (χ0) is 12.8. The van der Waals surface area contributed by atoms with Crippen LogP contribution in [-0.2, 0) is 13.6 Å². The Morgan fingerprint density at radius 3 is 2.72 bits per heavy atom. The number of hydrogen-bond acceptors (Lipinski definition) is 4. The van der Waals surface area contributed by atoms with Crippen LogP contribution in [0.2, 0.25) is 0 Å². The molecule has 2 rings (SSSR count). The Labute approximate surface area is 106 Å². The lowest BCUT2D eigenvalue weighted by Gasteiger charge is -2.18. The molecule has 0 spiro atoms. The van der Waals surface area contributed by atoms with Gasteiger partial charge >= 0.3 is 0 Å². The van der Waals surface area contributed by atoms with Crippen molar-refractivity contribution in [3.8, 4) is 0 Å². The monoisotopic (exact) mass is 246 g/mol. The van der Waals surface area contributed by atoms with Crippen LogP contribution in [0, 0.1) is 0 Å². The summed E-state index contributed by atoms with van der Waals surface area (Å²) in [6, 6.07) is 10.3. The number of benzene rings is 1. The molecule has 0 aliphatic heterocycles. The average molecular weight is 246 g/mol. The Hall–Kier alpha value is -1.72. The quantitative estimate of drug-likeness (QED) is 0.799. The maximum absolute atomic E-state index is 9.14. The summed E-state index contributed by atoms with van der Waals surface area (Å²) in [5, 5.41) is 20.3. The van der Waals surface area contributed by atoms with Gasteiger partial charge in [0.2, 0.25) is 0 Å². The van der Waals surface area contributed by atoms with Crippen LogP contribution in [-0.4, -0.2) is 26.7 Å². The lowest BCUT2D eigenvalue weighted by atomic mass is 10.0. The van der Waals surface area contributed by atoms with Crippen molar-refractivity contribution in [3.05, 3.63) is 47.8 Å². The first-order valence-electron chi connectivity index (χ1n) is 6.04. The Morgan fingerprint density at radius 2 is 2.11 bits per heavy atom. The molecule has 18 heavy (non-hydrogen) atoms. The molecule has 0 amide bonds. The Bertz CT molecular complexity index is 469. The predicted molar refractivity (Wildman–Crippen MR) is 68.7 cm³/mol. The van der Waals surface area contributed by atoms with Gasteiger partial charge in [-0.2, -0.15) is 0 Å². The topological polar surface area (TPSA) is 63.0 Å². The molecule has 0 bridgehead atoms.